The Balaban J connectivity index is 1.54. The molecule has 7 heteroatoms. The predicted octanol–water partition coefficient (Wildman–Crippen LogP) is 5.03. The summed E-state index contributed by atoms with van der Waals surface area (Å²) in [5.74, 6) is 1.10. The van der Waals surface area contributed by atoms with Gasteiger partial charge >= 0.3 is 0 Å². The van der Waals surface area contributed by atoms with Gasteiger partial charge in [0, 0.05) is 11.3 Å². The summed E-state index contributed by atoms with van der Waals surface area (Å²) >= 11 is 0. The van der Waals surface area contributed by atoms with Crippen molar-refractivity contribution < 1.29 is 18.8 Å². The molecule has 162 valence electrons. The number of hydrogen-bond acceptors (Lipinski definition) is 6. The number of carbonyl (C=O) groups is 1. The molecule has 1 N–H and O–H groups in total. The standard InChI is InChI=1S/C25H23N3O4/c1-13-5-7-18(14(2)9-13)16(4)27-24(29)19-10-15(3)26-25-22(19)23(28-32-25)17-6-8-20-21(11-17)31-12-30-20/h5-11,16H,12H2,1-4H3,(H,27,29). The predicted molar refractivity (Wildman–Crippen MR) is 120 cm³/mol. The third-order valence-corrected chi connectivity index (χ3v) is 5.70. The van der Waals surface area contributed by atoms with Gasteiger partial charge in [0.15, 0.2) is 11.5 Å². The van der Waals surface area contributed by atoms with Crippen molar-refractivity contribution >= 4 is 17.0 Å². The molecule has 0 fully saturated rings. The van der Waals surface area contributed by atoms with Crippen LogP contribution in [0.25, 0.3) is 22.4 Å². The Morgan fingerprint density at radius 2 is 1.84 bits per heavy atom. The molecule has 0 spiro atoms. The summed E-state index contributed by atoms with van der Waals surface area (Å²) in [6, 6.07) is 13.3. The topological polar surface area (TPSA) is 86.5 Å². The highest BCUT2D eigenvalue weighted by atomic mass is 16.7. The molecule has 1 aliphatic heterocycles. The number of nitrogens with one attached hydrogen (secondary N) is 1. The number of hydrogen-bond donors (Lipinski definition) is 1. The highest BCUT2D eigenvalue weighted by Gasteiger charge is 2.24. The number of nitrogens with zero attached hydrogens (tertiary/aromatic N) is 2. The molecule has 0 radical (unpaired) electrons. The van der Waals surface area contributed by atoms with E-state index in [2.05, 4.69) is 47.5 Å². The lowest BCUT2D eigenvalue weighted by atomic mass is 9.99. The number of rotatable bonds is 4. The molecule has 1 aliphatic rings. The van der Waals surface area contributed by atoms with E-state index in [0.717, 1.165) is 16.7 Å². The van der Waals surface area contributed by atoms with Gasteiger partial charge in [0.1, 0.15) is 5.69 Å². The Labute approximate surface area is 185 Å². The van der Waals surface area contributed by atoms with E-state index in [9.17, 15) is 4.79 Å². The maximum atomic E-state index is 13.4. The number of aromatic nitrogens is 2. The Bertz CT molecular complexity index is 1360. The minimum Gasteiger partial charge on any atom is -0.454 e. The minimum absolute atomic E-state index is 0.166. The van der Waals surface area contributed by atoms with Crippen LogP contribution >= 0.6 is 0 Å². The molecule has 0 saturated carbocycles. The summed E-state index contributed by atoms with van der Waals surface area (Å²) in [7, 11) is 0. The summed E-state index contributed by atoms with van der Waals surface area (Å²) in [6.07, 6.45) is 0. The molecule has 4 aromatic rings. The molecule has 0 bridgehead atoms. The van der Waals surface area contributed by atoms with Crippen LogP contribution in [0.15, 0.2) is 47.0 Å². The summed E-state index contributed by atoms with van der Waals surface area (Å²) in [4.78, 5) is 17.8. The van der Waals surface area contributed by atoms with Crippen LogP contribution in [0, 0.1) is 20.8 Å². The first-order valence-electron chi connectivity index (χ1n) is 10.5. The lowest BCUT2D eigenvalue weighted by molar-refractivity contribution is 0.0941. The number of benzene rings is 2. The lowest BCUT2D eigenvalue weighted by Crippen LogP contribution is -2.27. The average Bonchev–Trinajstić information content (AvgIpc) is 3.39. The normalized spacial score (nSPS) is 13.4. The Morgan fingerprint density at radius 3 is 2.66 bits per heavy atom. The highest BCUT2D eigenvalue weighted by molar-refractivity contribution is 6.09. The molecule has 1 atom stereocenters. The van der Waals surface area contributed by atoms with E-state index < -0.39 is 0 Å². The van der Waals surface area contributed by atoms with E-state index in [4.69, 9.17) is 14.0 Å². The highest BCUT2D eigenvalue weighted by Crippen LogP contribution is 2.38. The molecule has 5 rings (SSSR count). The number of pyridine rings is 1. The Hall–Kier alpha value is -3.87. The van der Waals surface area contributed by atoms with Gasteiger partial charge < -0.3 is 19.3 Å². The smallest absolute Gasteiger partial charge is 0.259 e. The fraction of sp³-hybridized carbons (Fsp3) is 0.240. The van der Waals surface area contributed by atoms with E-state index in [0.29, 0.717) is 39.6 Å². The SMILES string of the molecule is Cc1ccc(C(C)NC(=O)c2cc(C)nc3onc(-c4ccc5c(c4)OCO5)c23)c(C)c1. The van der Waals surface area contributed by atoms with E-state index in [1.54, 1.807) is 6.07 Å². The van der Waals surface area contributed by atoms with Gasteiger partial charge in [-0.15, -0.1) is 0 Å². The largest absolute Gasteiger partial charge is 0.454 e. The molecule has 7 nitrogen and oxygen atoms in total. The third-order valence-electron chi connectivity index (χ3n) is 5.70. The van der Waals surface area contributed by atoms with Crippen LogP contribution in [-0.4, -0.2) is 22.8 Å². The average molecular weight is 429 g/mol. The van der Waals surface area contributed by atoms with Crippen LogP contribution in [0.2, 0.25) is 0 Å². The lowest BCUT2D eigenvalue weighted by Gasteiger charge is -2.17. The number of fused-ring (bicyclic) bond motifs is 2. The Kier molecular flexibility index (Phi) is 4.81. The van der Waals surface area contributed by atoms with Crippen molar-refractivity contribution in [1.29, 1.82) is 0 Å². The first-order chi connectivity index (χ1) is 15.4. The van der Waals surface area contributed by atoms with Crippen LogP contribution in [0.3, 0.4) is 0 Å². The summed E-state index contributed by atoms with van der Waals surface area (Å²) in [5, 5.41) is 7.91. The molecule has 2 aromatic carbocycles. The van der Waals surface area contributed by atoms with Crippen LogP contribution in [0.5, 0.6) is 11.5 Å². The second-order valence-corrected chi connectivity index (χ2v) is 8.15. The number of carbonyl (C=O) groups excluding carboxylic acids is 1. The number of amides is 1. The van der Waals surface area contributed by atoms with Crippen molar-refractivity contribution in [3.05, 3.63) is 70.4 Å². The monoisotopic (exact) mass is 429 g/mol. The second kappa shape index (κ2) is 7.67. The first kappa shape index (κ1) is 20.1. The van der Waals surface area contributed by atoms with E-state index >= 15 is 0 Å². The van der Waals surface area contributed by atoms with Crippen molar-refractivity contribution in [1.82, 2.24) is 15.5 Å². The van der Waals surface area contributed by atoms with Crippen molar-refractivity contribution in [3.63, 3.8) is 0 Å². The van der Waals surface area contributed by atoms with E-state index in [1.165, 1.54) is 5.56 Å². The maximum Gasteiger partial charge on any atom is 0.259 e. The van der Waals surface area contributed by atoms with Gasteiger partial charge in [-0.3, -0.25) is 4.79 Å². The summed E-state index contributed by atoms with van der Waals surface area (Å²) < 4.78 is 16.4. The van der Waals surface area contributed by atoms with E-state index in [1.807, 2.05) is 32.0 Å². The van der Waals surface area contributed by atoms with E-state index in [-0.39, 0.29) is 18.7 Å². The number of ether oxygens (including phenoxy) is 2. The maximum absolute atomic E-state index is 13.4. The molecule has 1 amide bonds. The fourth-order valence-corrected chi connectivity index (χ4v) is 4.16. The molecule has 0 aliphatic carbocycles. The van der Waals surface area contributed by atoms with Gasteiger partial charge in [0.2, 0.25) is 6.79 Å². The van der Waals surface area contributed by atoms with Crippen molar-refractivity contribution in [2.75, 3.05) is 6.79 Å². The van der Waals surface area contributed by atoms with Crippen molar-refractivity contribution in [2.24, 2.45) is 0 Å². The molecular formula is C25H23N3O4. The van der Waals surface area contributed by atoms with Crippen molar-refractivity contribution in [2.45, 2.75) is 33.7 Å². The summed E-state index contributed by atoms with van der Waals surface area (Å²) in [5.41, 5.74) is 6.17. The fourth-order valence-electron chi connectivity index (χ4n) is 4.16. The molecule has 0 saturated heterocycles. The first-order valence-corrected chi connectivity index (χ1v) is 10.5. The van der Waals surface area contributed by atoms with Gasteiger partial charge in [0.05, 0.1) is 17.0 Å². The quantitative estimate of drug-likeness (QED) is 0.489. The zero-order valence-corrected chi connectivity index (χ0v) is 18.4. The van der Waals surface area contributed by atoms with Crippen LogP contribution < -0.4 is 14.8 Å². The zero-order chi connectivity index (χ0) is 22.4. The van der Waals surface area contributed by atoms with Crippen molar-refractivity contribution in [3.8, 4) is 22.8 Å². The summed E-state index contributed by atoms with van der Waals surface area (Å²) in [6.45, 7) is 8.10. The van der Waals surface area contributed by atoms with Gasteiger partial charge in [-0.05, 0) is 63.1 Å². The van der Waals surface area contributed by atoms with Crippen LogP contribution in [0.4, 0.5) is 0 Å². The molecule has 32 heavy (non-hydrogen) atoms. The second-order valence-electron chi connectivity index (χ2n) is 8.15. The molecule has 3 heterocycles. The third kappa shape index (κ3) is 3.45. The van der Waals surface area contributed by atoms with Gasteiger partial charge in [-0.2, -0.15) is 0 Å². The molecular weight excluding hydrogens is 406 g/mol. The van der Waals surface area contributed by atoms with Gasteiger partial charge in [0.25, 0.3) is 11.6 Å². The van der Waals surface area contributed by atoms with Gasteiger partial charge in [-0.1, -0.05) is 28.9 Å². The van der Waals surface area contributed by atoms with Crippen LogP contribution in [-0.2, 0) is 0 Å². The Morgan fingerprint density at radius 1 is 1.03 bits per heavy atom. The number of aryl methyl sites for hydroxylation is 3. The zero-order valence-electron chi connectivity index (χ0n) is 18.4. The minimum atomic E-state index is -0.210. The molecule has 1 unspecified atom stereocenters. The van der Waals surface area contributed by atoms with Crippen LogP contribution in [0.1, 0.15) is 45.7 Å². The van der Waals surface area contributed by atoms with Gasteiger partial charge in [-0.25, -0.2) is 4.98 Å². The molecule has 2 aromatic heterocycles.